The van der Waals surface area contributed by atoms with Gasteiger partial charge in [0.2, 0.25) is 0 Å². The number of methoxy groups -OCH3 is 1. The minimum atomic E-state index is 0.0330. The van der Waals surface area contributed by atoms with Gasteiger partial charge in [-0.1, -0.05) is 13.8 Å². The summed E-state index contributed by atoms with van der Waals surface area (Å²) in [6, 6.07) is 1.97. The topological polar surface area (TPSA) is 37.9 Å². The van der Waals surface area contributed by atoms with E-state index in [0.717, 1.165) is 5.69 Å². The Kier molecular flexibility index (Phi) is 2.29. The number of hydrogen-bond donors (Lipinski definition) is 1. The molecule has 0 unspecified atom stereocenters. The van der Waals surface area contributed by atoms with Crippen LogP contribution in [0.5, 0.6) is 0 Å². The third-order valence-electron chi connectivity index (χ3n) is 1.74. The van der Waals surface area contributed by atoms with Crippen LogP contribution in [0.3, 0.4) is 0 Å². The molecule has 0 spiro atoms. The largest absolute Gasteiger partial charge is 0.384 e. The number of ether oxygens (including phenoxy) is 1. The number of nitrogens with one attached hydrogen (secondary N) is 1. The number of H-pyrrole nitrogens is 1. The molecule has 0 saturated carbocycles. The first-order chi connectivity index (χ1) is 5.17. The minimum Gasteiger partial charge on any atom is -0.384 e. The fraction of sp³-hybridized carbons (Fsp3) is 0.625. The molecule has 3 heteroatoms. The molecule has 0 aromatic carbocycles. The first kappa shape index (κ1) is 8.27. The van der Waals surface area contributed by atoms with Crippen molar-refractivity contribution in [1.82, 2.24) is 10.2 Å². The third-order valence-corrected chi connectivity index (χ3v) is 1.74. The van der Waals surface area contributed by atoms with Crippen LogP contribution in [0.25, 0.3) is 0 Å². The predicted molar refractivity (Wildman–Crippen MR) is 43.5 cm³/mol. The van der Waals surface area contributed by atoms with E-state index in [1.54, 1.807) is 13.3 Å². The summed E-state index contributed by atoms with van der Waals surface area (Å²) in [5.41, 5.74) is 1.14. The zero-order chi connectivity index (χ0) is 8.32. The van der Waals surface area contributed by atoms with Crippen LogP contribution in [0.15, 0.2) is 12.3 Å². The highest BCUT2D eigenvalue weighted by atomic mass is 16.5. The molecule has 3 nitrogen and oxygen atoms in total. The van der Waals surface area contributed by atoms with Crippen LogP contribution < -0.4 is 0 Å². The van der Waals surface area contributed by atoms with E-state index < -0.39 is 0 Å². The molecule has 0 amide bonds. The maximum Gasteiger partial charge on any atom is 0.0568 e. The quantitative estimate of drug-likeness (QED) is 0.713. The van der Waals surface area contributed by atoms with E-state index >= 15 is 0 Å². The van der Waals surface area contributed by atoms with Crippen molar-refractivity contribution in [2.75, 3.05) is 13.7 Å². The first-order valence-corrected chi connectivity index (χ1v) is 3.65. The van der Waals surface area contributed by atoms with Crippen LogP contribution in [-0.2, 0) is 10.2 Å². The van der Waals surface area contributed by atoms with E-state index in [-0.39, 0.29) is 5.41 Å². The Morgan fingerprint density at radius 3 is 2.82 bits per heavy atom. The molecule has 11 heavy (non-hydrogen) atoms. The summed E-state index contributed by atoms with van der Waals surface area (Å²) in [6.45, 7) is 4.93. The van der Waals surface area contributed by atoms with Crippen molar-refractivity contribution in [3.8, 4) is 0 Å². The smallest absolute Gasteiger partial charge is 0.0568 e. The average molecular weight is 154 g/mol. The van der Waals surface area contributed by atoms with Gasteiger partial charge in [0.1, 0.15) is 0 Å². The fourth-order valence-electron chi connectivity index (χ4n) is 1.07. The molecule has 0 atom stereocenters. The lowest BCUT2D eigenvalue weighted by molar-refractivity contribution is 0.144. The maximum absolute atomic E-state index is 5.08. The monoisotopic (exact) mass is 154 g/mol. The molecule has 1 N–H and O–H groups in total. The van der Waals surface area contributed by atoms with Crippen LogP contribution in [0.4, 0.5) is 0 Å². The Morgan fingerprint density at radius 1 is 1.64 bits per heavy atom. The number of nitrogens with zero attached hydrogens (tertiary/aromatic N) is 1. The van der Waals surface area contributed by atoms with Gasteiger partial charge in [-0.15, -0.1) is 0 Å². The average Bonchev–Trinajstić information content (AvgIpc) is 2.37. The SMILES string of the molecule is COCC(C)(C)c1ccn[nH]1. The second-order valence-electron chi connectivity index (χ2n) is 3.29. The van der Waals surface area contributed by atoms with Crippen LogP contribution in [0.1, 0.15) is 19.5 Å². The molecule has 0 bridgehead atoms. The highest BCUT2D eigenvalue weighted by Crippen LogP contribution is 2.19. The zero-order valence-corrected chi connectivity index (χ0v) is 7.22. The lowest BCUT2D eigenvalue weighted by Gasteiger charge is -2.21. The summed E-state index contributed by atoms with van der Waals surface area (Å²) >= 11 is 0. The highest BCUT2D eigenvalue weighted by molar-refractivity contribution is 5.11. The molecule has 0 aliphatic heterocycles. The lowest BCUT2D eigenvalue weighted by atomic mass is 9.91. The predicted octanol–water partition coefficient (Wildman–Crippen LogP) is 1.33. The Labute approximate surface area is 66.8 Å². The van der Waals surface area contributed by atoms with Crippen LogP contribution in [0, 0.1) is 0 Å². The molecule has 1 aromatic heterocycles. The number of aromatic nitrogens is 2. The van der Waals surface area contributed by atoms with Gasteiger partial charge in [-0.2, -0.15) is 5.10 Å². The summed E-state index contributed by atoms with van der Waals surface area (Å²) in [4.78, 5) is 0. The van der Waals surface area contributed by atoms with E-state index in [9.17, 15) is 0 Å². The van der Waals surface area contributed by atoms with Gasteiger partial charge in [0, 0.05) is 24.4 Å². The van der Waals surface area contributed by atoms with Crippen LogP contribution >= 0.6 is 0 Å². The Hall–Kier alpha value is -0.830. The maximum atomic E-state index is 5.08. The van der Waals surface area contributed by atoms with Gasteiger partial charge < -0.3 is 4.74 Å². The zero-order valence-electron chi connectivity index (χ0n) is 7.22. The van der Waals surface area contributed by atoms with Crippen molar-refractivity contribution in [2.45, 2.75) is 19.3 Å². The molecule has 0 aliphatic carbocycles. The van der Waals surface area contributed by atoms with Crippen molar-refractivity contribution in [1.29, 1.82) is 0 Å². The number of hydrogen-bond acceptors (Lipinski definition) is 2. The molecule has 0 saturated heterocycles. The van der Waals surface area contributed by atoms with Gasteiger partial charge in [-0.05, 0) is 6.07 Å². The highest BCUT2D eigenvalue weighted by Gasteiger charge is 2.21. The summed E-state index contributed by atoms with van der Waals surface area (Å²) in [7, 11) is 1.71. The molecule has 0 aliphatic rings. The van der Waals surface area contributed by atoms with Crippen molar-refractivity contribution < 1.29 is 4.74 Å². The van der Waals surface area contributed by atoms with Crippen molar-refractivity contribution in [3.05, 3.63) is 18.0 Å². The van der Waals surface area contributed by atoms with Gasteiger partial charge >= 0.3 is 0 Å². The summed E-state index contributed by atoms with van der Waals surface area (Å²) in [6.07, 6.45) is 1.76. The molecule has 1 rings (SSSR count). The lowest BCUT2D eigenvalue weighted by Crippen LogP contribution is -2.23. The van der Waals surface area contributed by atoms with E-state index in [0.29, 0.717) is 6.61 Å². The Morgan fingerprint density at radius 2 is 2.36 bits per heavy atom. The van der Waals surface area contributed by atoms with Crippen molar-refractivity contribution in [3.63, 3.8) is 0 Å². The van der Waals surface area contributed by atoms with E-state index in [1.807, 2.05) is 6.07 Å². The molecule has 1 heterocycles. The van der Waals surface area contributed by atoms with Gasteiger partial charge in [0.15, 0.2) is 0 Å². The molecule has 62 valence electrons. The van der Waals surface area contributed by atoms with Gasteiger partial charge in [-0.25, -0.2) is 0 Å². The van der Waals surface area contributed by atoms with Crippen LogP contribution in [0.2, 0.25) is 0 Å². The van der Waals surface area contributed by atoms with Crippen LogP contribution in [-0.4, -0.2) is 23.9 Å². The Bertz CT molecular complexity index is 204. The van der Waals surface area contributed by atoms with Crippen molar-refractivity contribution in [2.24, 2.45) is 0 Å². The second kappa shape index (κ2) is 3.05. The second-order valence-corrected chi connectivity index (χ2v) is 3.29. The molecular formula is C8H14N2O. The Balaban J connectivity index is 2.73. The summed E-state index contributed by atoms with van der Waals surface area (Å²) in [5.74, 6) is 0. The molecule has 0 fully saturated rings. The third kappa shape index (κ3) is 1.80. The standard InChI is InChI=1S/C8H14N2O/c1-8(2,6-11-3)7-4-5-9-10-7/h4-5H,6H2,1-3H3,(H,9,10). The van der Waals surface area contributed by atoms with Gasteiger partial charge in [-0.3, -0.25) is 5.10 Å². The van der Waals surface area contributed by atoms with E-state index in [1.165, 1.54) is 0 Å². The molecule has 1 aromatic rings. The summed E-state index contributed by atoms with van der Waals surface area (Å²) in [5, 5.41) is 6.82. The number of aromatic amines is 1. The summed E-state index contributed by atoms with van der Waals surface area (Å²) < 4.78 is 5.08. The fourth-order valence-corrected chi connectivity index (χ4v) is 1.07. The number of rotatable bonds is 3. The van der Waals surface area contributed by atoms with E-state index in [2.05, 4.69) is 24.0 Å². The minimum absolute atomic E-state index is 0.0330. The van der Waals surface area contributed by atoms with Gasteiger partial charge in [0.05, 0.1) is 6.61 Å². The molecule has 0 radical (unpaired) electrons. The van der Waals surface area contributed by atoms with Crippen molar-refractivity contribution >= 4 is 0 Å². The van der Waals surface area contributed by atoms with E-state index in [4.69, 9.17) is 4.74 Å². The van der Waals surface area contributed by atoms with Gasteiger partial charge in [0.25, 0.3) is 0 Å². The first-order valence-electron chi connectivity index (χ1n) is 3.65. The molecular weight excluding hydrogens is 140 g/mol. The normalized spacial score (nSPS) is 11.9.